The molecule has 2 aromatic carbocycles. The van der Waals surface area contributed by atoms with Gasteiger partial charge in [-0.2, -0.15) is 0 Å². The lowest BCUT2D eigenvalue weighted by Crippen LogP contribution is -2.28. The van der Waals surface area contributed by atoms with E-state index in [1.54, 1.807) is 0 Å². The molecule has 182 valence electrons. The van der Waals surface area contributed by atoms with Crippen LogP contribution >= 0.6 is 0 Å². The Hall–Kier alpha value is -3.22. The third kappa shape index (κ3) is 5.55. The first kappa shape index (κ1) is 23.5. The van der Waals surface area contributed by atoms with Gasteiger partial charge in [0.2, 0.25) is 0 Å². The lowest BCUT2D eigenvalue weighted by Gasteiger charge is -2.12. The molecule has 6 heteroatoms. The molecule has 2 fully saturated rings. The van der Waals surface area contributed by atoms with Crippen molar-refractivity contribution in [3.05, 3.63) is 71.8 Å². The molecule has 3 atom stereocenters. The van der Waals surface area contributed by atoms with Crippen LogP contribution in [0.25, 0.3) is 28.1 Å². The Balaban J connectivity index is 1.22. The molecule has 1 saturated heterocycles. The number of rotatable bonds is 10. The van der Waals surface area contributed by atoms with E-state index in [4.69, 9.17) is 0 Å². The van der Waals surface area contributed by atoms with E-state index in [1.807, 2.05) is 6.20 Å². The van der Waals surface area contributed by atoms with Crippen molar-refractivity contribution < 1.29 is 0 Å². The number of nitrogens with one attached hydrogen (secondary N) is 4. The van der Waals surface area contributed by atoms with Gasteiger partial charge in [0.05, 0.1) is 23.6 Å². The normalized spacial score (nSPS) is 22.1. The number of H-pyrrole nitrogens is 1. The monoisotopic (exact) mass is 468 g/mol. The van der Waals surface area contributed by atoms with Crippen LogP contribution in [0.1, 0.15) is 50.5 Å². The molecule has 2 aliphatic rings. The molecular formula is C29H36N6. The van der Waals surface area contributed by atoms with Crippen molar-refractivity contribution in [2.75, 3.05) is 19.6 Å². The third-order valence-corrected chi connectivity index (χ3v) is 7.22. The van der Waals surface area contributed by atoms with Gasteiger partial charge < -0.3 is 20.9 Å². The molecule has 0 radical (unpaired) electrons. The first-order valence-corrected chi connectivity index (χ1v) is 12.8. The number of aromatic nitrogens is 2. The number of aliphatic imine (C=N–C) groups is 1. The van der Waals surface area contributed by atoms with Crippen molar-refractivity contribution in [3.63, 3.8) is 0 Å². The van der Waals surface area contributed by atoms with Gasteiger partial charge in [0.15, 0.2) is 0 Å². The van der Waals surface area contributed by atoms with E-state index < -0.39 is 0 Å². The minimum atomic E-state index is 0.354. The standard InChI is InChI=1S/C29H36N6/c1-19-17-26(19)33-16-15-31-20(2)28(30-3)24-12-8-22(9-13-24)21-6-10-23(11-7-21)27-18-34-29(35-27)25-5-4-14-32-25/h6-13,18-19,25-26,31-33H,3-5,14-17H2,1-2H3,(H,34,35)/b28-20-. The van der Waals surface area contributed by atoms with Crippen molar-refractivity contribution in [3.8, 4) is 22.4 Å². The molecule has 3 unspecified atom stereocenters. The summed E-state index contributed by atoms with van der Waals surface area (Å²) >= 11 is 0. The highest BCUT2D eigenvalue weighted by Gasteiger charge is 2.31. The number of nitrogens with zero attached hydrogens (tertiary/aromatic N) is 2. The SMILES string of the molecule is C=N/C(=C(/C)NCCNC1CC1C)c1ccc(-c2ccc(-c3cnc(C4CCCN4)[nH]3)cc2)cc1. The molecule has 4 N–H and O–H groups in total. The molecule has 1 aromatic heterocycles. The summed E-state index contributed by atoms with van der Waals surface area (Å²) < 4.78 is 0. The first-order chi connectivity index (χ1) is 17.1. The van der Waals surface area contributed by atoms with Gasteiger partial charge in [-0.05, 0) is 62.1 Å². The maximum Gasteiger partial charge on any atom is 0.123 e. The summed E-state index contributed by atoms with van der Waals surface area (Å²) in [5, 5.41) is 10.6. The summed E-state index contributed by atoms with van der Waals surface area (Å²) in [5.41, 5.74) is 7.60. The summed E-state index contributed by atoms with van der Waals surface area (Å²) in [6.45, 7) is 11.1. The second-order valence-electron chi connectivity index (χ2n) is 9.82. The zero-order valence-electron chi connectivity index (χ0n) is 20.8. The van der Waals surface area contributed by atoms with Crippen molar-refractivity contribution in [2.24, 2.45) is 10.9 Å². The Morgan fingerprint density at radius 3 is 2.37 bits per heavy atom. The Bertz CT molecular complexity index is 1170. The molecule has 6 nitrogen and oxygen atoms in total. The Morgan fingerprint density at radius 1 is 1.06 bits per heavy atom. The summed E-state index contributed by atoms with van der Waals surface area (Å²) in [4.78, 5) is 12.4. The summed E-state index contributed by atoms with van der Waals surface area (Å²) in [6, 6.07) is 18.3. The molecule has 2 heterocycles. The second kappa shape index (κ2) is 10.6. The second-order valence-corrected chi connectivity index (χ2v) is 9.82. The molecule has 0 spiro atoms. The fourth-order valence-electron chi connectivity index (χ4n) is 4.87. The van der Waals surface area contributed by atoms with E-state index in [9.17, 15) is 0 Å². The minimum Gasteiger partial charge on any atom is -0.386 e. The molecule has 0 amide bonds. The van der Waals surface area contributed by atoms with Gasteiger partial charge in [-0.3, -0.25) is 4.99 Å². The minimum absolute atomic E-state index is 0.354. The van der Waals surface area contributed by atoms with Crippen molar-refractivity contribution in [1.82, 2.24) is 25.9 Å². The van der Waals surface area contributed by atoms with Crippen molar-refractivity contribution in [1.29, 1.82) is 0 Å². The molecule has 1 saturated carbocycles. The average Bonchev–Trinajstić information content (AvgIpc) is 3.29. The van der Waals surface area contributed by atoms with Crippen LogP contribution < -0.4 is 16.0 Å². The van der Waals surface area contributed by atoms with Crippen LogP contribution in [0.3, 0.4) is 0 Å². The zero-order valence-corrected chi connectivity index (χ0v) is 20.8. The highest BCUT2D eigenvalue weighted by molar-refractivity contribution is 5.74. The summed E-state index contributed by atoms with van der Waals surface area (Å²) in [6.07, 6.45) is 5.59. The molecule has 5 rings (SSSR count). The predicted octanol–water partition coefficient (Wildman–Crippen LogP) is 5.14. The number of aromatic amines is 1. The number of imidazole rings is 1. The van der Waals surface area contributed by atoms with Crippen LogP contribution in [-0.4, -0.2) is 42.4 Å². The van der Waals surface area contributed by atoms with Crippen molar-refractivity contribution >= 4 is 12.4 Å². The van der Waals surface area contributed by atoms with E-state index in [0.717, 1.165) is 66.0 Å². The molecule has 3 aromatic rings. The lowest BCUT2D eigenvalue weighted by atomic mass is 10.0. The highest BCUT2D eigenvalue weighted by atomic mass is 15.0. The first-order valence-electron chi connectivity index (χ1n) is 12.8. The smallest absolute Gasteiger partial charge is 0.123 e. The van der Waals surface area contributed by atoms with Gasteiger partial charge in [-0.15, -0.1) is 0 Å². The molecular weight excluding hydrogens is 432 g/mol. The van der Waals surface area contributed by atoms with Crippen LogP contribution in [0.15, 0.2) is 65.4 Å². The maximum atomic E-state index is 4.60. The molecule has 1 aliphatic heterocycles. The van der Waals surface area contributed by atoms with Crippen LogP contribution in [0, 0.1) is 5.92 Å². The topological polar surface area (TPSA) is 77.1 Å². The van der Waals surface area contributed by atoms with Crippen LogP contribution in [0.4, 0.5) is 0 Å². The lowest BCUT2D eigenvalue weighted by molar-refractivity contribution is 0.613. The van der Waals surface area contributed by atoms with Gasteiger partial charge in [0, 0.05) is 30.4 Å². The summed E-state index contributed by atoms with van der Waals surface area (Å²) in [5.74, 6) is 1.86. The molecule has 1 aliphatic carbocycles. The quantitative estimate of drug-likeness (QED) is 0.245. The van der Waals surface area contributed by atoms with Gasteiger partial charge >= 0.3 is 0 Å². The van der Waals surface area contributed by atoms with E-state index in [2.05, 4.69) is 100 Å². The Kier molecular flexibility index (Phi) is 7.11. The summed E-state index contributed by atoms with van der Waals surface area (Å²) in [7, 11) is 0. The molecule has 0 bridgehead atoms. The number of hydrogen-bond donors (Lipinski definition) is 4. The number of benzene rings is 2. The van der Waals surface area contributed by atoms with Gasteiger partial charge in [-0.25, -0.2) is 4.98 Å². The van der Waals surface area contributed by atoms with E-state index in [-0.39, 0.29) is 0 Å². The van der Waals surface area contributed by atoms with E-state index in [1.165, 1.54) is 24.0 Å². The third-order valence-electron chi connectivity index (χ3n) is 7.22. The number of hydrogen-bond acceptors (Lipinski definition) is 5. The van der Waals surface area contributed by atoms with E-state index in [0.29, 0.717) is 12.1 Å². The molecule has 35 heavy (non-hydrogen) atoms. The van der Waals surface area contributed by atoms with Gasteiger partial charge in [0.25, 0.3) is 0 Å². The fraction of sp³-hybridized carbons (Fsp3) is 0.379. The van der Waals surface area contributed by atoms with Gasteiger partial charge in [-0.1, -0.05) is 55.5 Å². The largest absolute Gasteiger partial charge is 0.386 e. The van der Waals surface area contributed by atoms with Crippen LogP contribution in [0.5, 0.6) is 0 Å². The Labute approximate surface area is 208 Å². The van der Waals surface area contributed by atoms with Crippen LogP contribution in [-0.2, 0) is 0 Å². The predicted molar refractivity (Wildman–Crippen MR) is 145 cm³/mol. The van der Waals surface area contributed by atoms with Gasteiger partial charge in [0.1, 0.15) is 5.82 Å². The van der Waals surface area contributed by atoms with Crippen molar-refractivity contribution in [2.45, 2.75) is 45.2 Å². The maximum absolute atomic E-state index is 4.60. The van der Waals surface area contributed by atoms with Crippen LogP contribution in [0.2, 0.25) is 0 Å². The fourth-order valence-corrected chi connectivity index (χ4v) is 4.87. The average molecular weight is 469 g/mol. The Morgan fingerprint density at radius 2 is 1.74 bits per heavy atom. The zero-order chi connectivity index (χ0) is 24.2. The van der Waals surface area contributed by atoms with E-state index >= 15 is 0 Å². The number of allylic oxidation sites excluding steroid dienone is 1. The highest BCUT2D eigenvalue weighted by Crippen LogP contribution is 2.29.